The lowest BCUT2D eigenvalue weighted by atomic mass is 9.88. The summed E-state index contributed by atoms with van der Waals surface area (Å²) in [5.74, 6) is -0.317. The van der Waals surface area contributed by atoms with Crippen LogP contribution in [0.3, 0.4) is 0 Å². The number of furan rings is 2. The van der Waals surface area contributed by atoms with Crippen LogP contribution in [0.15, 0.2) is 63.8 Å². The highest BCUT2D eigenvalue weighted by molar-refractivity contribution is 6.35. The fourth-order valence-corrected chi connectivity index (χ4v) is 3.21. The Bertz CT molecular complexity index is 819. The van der Waals surface area contributed by atoms with E-state index in [1.807, 2.05) is 0 Å². The second kappa shape index (κ2) is 7.72. The number of hydrogen-bond acceptors (Lipinski definition) is 4. The molecule has 0 saturated heterocycles. The average molecular weight is 377 g/mol. The van der Waals surface area contributed by atoms with E-state index in [-0.39, 0.29) is 35.9 Å². The Kier molecular flexibility index (Phi) is 5.41. The van der Waals surface area contributed by atoms with Crippen LogP contribution in [-0.4, -0.2) is 11.6 Å². The predicted octanol–water partition coefficient (Wildman–Crippen LogP) is 5.81. The van der Waals surface area contributed by atoms with E-state index < -0.39 is 5.92 Å². The molecule has 0 radical (unpaired) electrons. The van der Waals surface area contributed by atoms with Crippen molar-refractivity contribution in [3.8, 4) is 0 Å². The van der Waals surface area contributed by atoms with E-state index in [9.17, 15) is 9.59 Å². The Hall–Kier alpha value is -2.30. The normalized spacial score (nSPS) is 11.0. The van der Waals surface area contributed by atoms with Gasteiger partial charge in [0.15, 0.2) is 23.1 Å². The van der Waals surface area contributed by atoms with E-state index in [0.29, 0.717) is 15.6 Å². The molecule has 4 nitrogen and oxygen atoms in total. The Morgan fingerprint density at radius 1 is 0.880 bits per heavy atom. The molecule has 0 spiro atoms. The van der Waals surface area contributed by atoms with Crippen molar-refractivity contribution in [3.05, 3.63) is 82.1 Å². The van der Waals surface area contributed by atoms with Gasteiger partial charge in [-0.15, -0.1) is 0 Å². The second-order valence-electron chi connectivity index (χ2n) is 5.57. The van der Waals surface area contributed by atoms with Gasteiger partial charge in [0, 0.05) is 28.8 Å². The van der Waals surface area contributed by atoms with Crippen molar-refractivity contribution >= 4 is 34.8 Å². The molecule has 0 fully saturated rings. The fraction of sp³-hybridized carbons (Fsp3) is 0.158. The van der Waals surface area contributed by atoms with Crippen LogP contribution >= 0.6 is 23.2 Å². The lowest BCUT2D eigenvalue weighted by molar-refractivity contribution is 0.0915. The van der Waals surface area contributed by atoms with E-state index in [1.54, 1.807) is 42.5 Å². The Morgan fingerprint density at radius 2 is 1.44 bits per heavy atom. The molecular weight excluding hydrogens is 363 g/mol. The maximum atomic E-state index is 12.4. The molecule has 0 aliphatic heterocycles. The first-order valence-corrected chi connectivity index (χ1v) is 8.38. The molecule has 0 atom stereocenters. The van der Waals surface area contributed by atoms with Gasteiger partial charge in [-0.3, -0.25) is 9.59 Å². The third-order valence-electron chi connectivity index (χ3n) is 3.86. The molecule has 0 bridgehead atoms. The number of benzene rings is 1. The van der Waals surface area contributed by atoms with Gasteiger partial charge in [0.2, 0.25) is 0 Å². The zero-order valence-electron chi connectivity index (χ0n) is 13.1. The van der Waals surface area contributed by atoms with Crippen molar-refractivity contribution < 1.29 is 18.4 Å². The van der Waals surface area contributed by atoms with Gasteiger partial charge in [-0.25, -0.2) is 0 Å². The van der Waals surface area contributed by atoms with Crippen LogP contribution < -0.4 is 0 Å². The molecule has 6 heteroatoms. The molecule has 0 aliphatic carbocycles. The average Bonchev–Trinajstić information content (AvgIpc) is 3.28. The van der Waals surface area contributed by atoms with Crippen LogP contribution in [-0.2, 0) is 0 Å². The Morgan fingerprint density at radius 3 is 1.88 bits per heavy atom. The fourth-order valence-electron chi connectivity index (χ4n) is 2.65. The molecule has 3 rings (SSSR count). The number of Topliss-reactive ketones (excluding diaryl/α,β-unsaturated/α-hetero) is 2. The van der Waals surface area contributed by atoms with Crippen molar-refractivity contribution in [2.45, 2.75) is 18.8 Å². The topological polar surface area (TPSA) is 60.4 Å². The van der Waals surface area contributed by atoms with Crippen LogP contribution in [0.2, 0.25) is 10.0 Å². The molecule has 1 aromatic carbocycles. The quantitative estimate of drug-likeness (QED) is 0.488. The minimum atomic E-state index is -0.417. The number of rotatable bonds is 7. The van der Waals surface area contributed by atoms with Crippen molar-refractivity contribution in [1.29, 1.82) is 0 Å². The third-order valence-corrected chi connectivity index (χ3v) is 4.42. The summed E-state index contributed by atoms with van der Waals surface area (Å²) in [6.45, 7) is 0. The van der Waals surface area contributed by atoms with Gasteiger partial charge >= 0.3 is 0 Å². The first-order valence-electron chi connectivity index (χ1n) is 7.63. The highest BCUT2D eigenvalue weighted by Crippen LogP contribution is 2.33. The van der Waals surface area contributed by atoms with Crippen molar-refractivity contribution in [1.82, 2.24) is 0 Å². The smallest absolute Gasteiger partial charge is 0.198 e. The SMILES string of the molecule is O=C(CC(CC(=O)c1ccco1)c1ccc(Cl)cc1Cl)c1ccco1. The van der Waals surface area contributed by atoms with E-state index in [1.165, 1.54) is 12.5 Å². The molecule has 0 saturated carbocycles. The summed E-state index contributed by atoms with van der Waals surface area (Å²) in [5, 5.41) is 0.902. The van der Waals surface area contributed by atoms with Crippen LogP contribution in [0.25, 0.3) is 0 Å². The van der Waals surface area contributed by atoms with Crippen LogP contribution in [0, 0.1) is 0 Å². The molecule has 25 heavy (non-hydrogen) atoms. The highest BCUT2D eigenvalue weighted by Gasteiger charge is 2.25. The molecule has 0 N–H and O–H groups in total. The number of carbonyl (C=O) groups excluding carboxylic acids is 2. The maximum Gasteiger partial charge on any atom is 0.198 e. The molecular formula is C19H14Cl2O4. The monoisotopic (exact) mass is 376 g/mol. The summed E-state index contributed by atoms with van der Waals surface area (Å²) in [6, 6.07) is 11.5. The van der Waals surface area contributed by atoms with Gasteiger partial charge in [-0.2, -0.15) is 0 Å². The molecule has 128 valence electrons. The van der Waals surface area contributed by atoms with Crippen LogP contribution in [0.5, 0.6) is 0 Å². The van der Waals surface area contributed by atoms with Gasteiger partial charge in [-0.05, 0) is 42.0 Å². The van der Waals surface area contributed by atoms with Crippen LogP contribution in [0.4, 0.5) is 0 Å². The summed E-state index contributed by atoms with van der Waals surface area (Å²) in [7, 11) is 0. The van der Waals surface area contributed by atoms with Gasteiger partial charge < -0.3 is 8.83 Å². The van der Waals surface area contributed by atoms with E-state index in [0.717, 1.165) is 0 Å². The molecule has 0 unspecified atom stereocenters. The number of hydrogen-bond donors (Lipinski definition) is 0. The molecule has 2 aromatic heterocycles. The van der Waals surface area contributed by atoms with Crippen LogP contribution in [0.1, 0.15) is 45.4 Å². The van der Waals surface area contributed by atoms with E-state index in [2.05, 4.69) is 0 Å². The van der Waals surface area contributed by atoms with Crippen molar-refractivity contribution in [2.24, 2.45) is 0 Å². The molecule has 0 aliphatic rings. The number of carbonyl (C=O) groups is 2. The summed E-state index contributed by atoms with van der Waals surface area (Å²) in [5.41, 5.74) is 0.686. The van der Waals surface area contributed by atoms with E-state index >= 15 is 0 Å². The summed E-state index contributed by atoms with van der Waals surface area (Å²) in [4.78, 5) is 24.9. The molecule has 2 heterocycles. The van der Waals surface area contributed by atoms with Crippen molar-refractivity contribution in [2.75, 3.05) is 0 Å². The minimum absolute atomic E-state index is 0.0846. The largest absolute Gasteiger partial charge is 0.461 e. The molecule has 3 aromatic rings. The maximum absolute atomic E-state index is 12.4. The van der Waals surface area contributed by atoms with Gasteiger partial charge in [0.1, 0.15) is 0 Å². The Balaban J connectivity index is 1.87. The zero-order valence-corrected chi connectivity index (χ0v) is 14.6. The summed E-state index contributed by atoms with van der Waals surface area (Å²) >= 11 is 12.2. The lowest BCUT2D eigenvalue weighted by Gasteiger charge is -2.17. The number of halogens is 2. The lowest BCUT2D eigenvalue weighted by Crippen LogP contribution is -2.12. The summed E-state index contributed by atoms with van der Waals surface area (Å²) in [6.07, 6.45) is 3.04. The predicted molar refractivity (Wildman–Crippen MR) is 94.5 cm³/mol. The summed E-state index contributed by atoms with van der Waals surface area (Å²) < 4.78 is 10.3. The zero-order chi connectivity index (χ0) is 17.8. The van der Waals surface area contributed by atoms with Gasteiger partial charge in [0.25, 0.3) is 0 Å². The minimum Gasteiger partial charge on any atom is -0.461 e. The highest BCUT2D eigenvalue weighted by atomic mass is 35.5. The van der Waals surface area contributed by atoms with Gasteiger partial charge in [0.05, 0.1) is 12.5 Å². The standard InChI is InChI=1S/C19H14Cl2O4/c20-13-5-6-14(15(21)11-13)12(9-16(22)18-3-1-7-24-18)10-17(23)19-4-2-8-25-19/h1-8,11-12H,9-10H2. The first kappa shape index (κ1) is 17.5. The second-order valence-corrected chi connectivity index (χ2v) is 6.42. The van der Waals surface area contributed by atoms with E-state index in [4.69, 9.17) is 32.0 Å². The first-order chi connectivity index (χ1) is 12.0. The number of ketones is 2. The van der Waals surface area contributed by atoms with Crippen molar-refractivity contribution in [3.63, 3.8) is 0 Å². The van der Waals surface area contributed by atoms with Gasteiger partial charge in [-0.1, -0.05) is 29.3 Å². The Labute approximate surface area is 154 Å². The molecule has 0 amide bonds. The third kappa shape index (κ3) is 4.21.